The predicted octanol–water partition coefficient (Wildman–Crippen LogP) is 2.41. The topological polar surface area (TPSA) is 124 Å². The molecule has 3 aromatic rings. The Bertz CT molecular complexity index is 1460. The average molecular weight is 514 g/mol. The van der Waals surface area contributed by atoms with Crippen molar-refractivity contribution < 1.29 is 17.9 Å². The maximum atomic E-state index is 13.3. The monoisotopic (exact) mass is 513 g/mol. The van der Waals surface area contributed by atoms with Crippen molar-refractivity contribution in [3.63, 3.8) is 0 Å². The summed E-state index contributed by atoms with van der Waals surface area (Å²) in [7, 11) is -2.47. The highest BCUT2D eigenvalue weighted by Gasteiger charge is 2.52. The summed E-state index contributed by atoms with van der Waals surface area (Å²) in [6.07, 6.45) is 3.81. The summed E-state index contributed by atoms with van der Waals surface area (Å²) in [4.78, 5) is 20.2. The lowest BCUT2D eigenvalue weighted by Crippen LogP contribution is -2.42. The molecule has 0 radical (unpaired) electrons. The molecule has 2 aliphatic heterocycles. The number of nitrogens with one attached hydrogen (secondary N) is 1. The Morgan fingerprint density at radius 2 is 1.92 bits per heavy atom. The lowest BCUT2D eigenvalue weighted by Gasteiger charge is -2.34. The molecule has 1 fully saturated rings. The summed E-state index contributed by atoms with van der Waals surface area (Å²) in [5.74, 6) is 0.980. The maximum absolute atomic E-state index is 13.3. The smallest absolute Gasteiger partial charge is 0.268 e. The number of nitrogens with zero attached hydrogens (tertiary/aromatic N) is 6. The van der Waals surface area contributed by atoms with E-state index in [2.05, 4.69) is 47.5 Å². The molecule has 36 heavy (non-hydrogen) atoms. The number of fused-ring (bicyclic) bond motifs is 6. The van der Waals surface area contributed by atoms with Crippen molar-refractivity contribution in [1.82, 2.24) is 29.3 Å². The third-order valence-electron chi connectivity index (χ3n) is 6.67. The second kappa shape index (κ2) is 8.05. The first-order valence-electron chi connectivity index (χ1n) is 11.9. The van der Waals surface area contributed by atoms with Crippen LogP contribution in [0.2, 0.25) is 0 Å². The molecular formula is C24H31N7O4S. The van der Waals surface area contributed by atoms with Gasteiger partial charge in [-0.3, -0.25) is 9.48 Å². The summed E-state index contributed by atoms with van der Waals surface area (Å²) in [5, 5.41) is 8.99. The van der Waals surface area contributed by atoms with E-state index >= 15 is 0 Å². The van der Waals surface area contributed by atoms with Crippen LogP contribution in [0.15, 0.2) is 35.5 Å². The lowest BCUT2D eigenvalue weighted by molar-refractivity contribution is 0.0981. The number of hydrogen-bond donors (Lipinski definition) is 1. The van der Waals surface area contributed by atoms with Crippen LogP contribution in [0.4, 0.5) is 5.82 Å². The molecule has 1 saturated heterocycles. The van der Waals surface area contributed by atoms with E-state index < -0.39 is 26.9 Å². The van der Waals surface area contributed by atoms with Crippen LogP contribution in [0.3, 0.4) is 0 Å². The highest BCUT2D eigenvalue weighted by Crippen LogP contribution is 2.47. The molecule has 1 N–H and O–H groups in total. The average Bonchev–Trinajstić information content (AvgIpc) is 3.47. The standard InChI is InChI=1S/C24H31N7O4S/c1-15(2)12-35-19-9-10-31(26-19)18-8-7-16-21(25-18)30-14-24(5,13-23(30,3)4)20-17(11-29(6)27-20)36(33,34)28-22(16)32/h7-11,15H,12-14H2,1-6H3,(H,28,32)/t24-/m1/s1. The Morgan fingerprint density at radius 3 is 2.64 bits per heavy atom. The zero-order chi connectivity index (χ0) is 26.0. The second-order valence-corrected chi connectivity index (χ2v) is 12.6. The van der Waals surface area contributed by atoms with E-state index in [9.17, 15) is 13.2 Å². The number of carbonyl (C=O) groups is 1. The molecule has 5 heterocycles. The molecule has 1 atom stereocenters. The number of aryl methyl sites for hydroxylation is 1. The van der Waals surface area contributed by atoms with Crippen LogP contribution in [0.1, 0.15) is 57.1 Å². The minimum absolute atomic E-state index is 0.0250. The van der Waals surface area contributed by atoms with Crippen LogP contribution in [0, 0.1) is 5.92 Å². The third kappa shape index (κ3) is 4.02. The Labute approximate surface area is 210 Å². The Hall–Kier alpha value is -3.41. The van der Waals surface area contributed by atoms with Gasteiger partial charge in [-0.25, -0.2) is 22.8 Å². The van der Waals surface area contributed by atoms with Gasteiger partial charge in [0.05, 0.1) is 17.9 Å². The largest absolute Gasteiger partial charge is 0.476 e. The quantitative estimate of drug-likeness (QED) is 0.564. The minimum Gasteiger partial charge on any atom is -0.476 e. The molecule has 2 aliphatic rings. The normalized spacial score (nSPS) is 22.2. The highest BCUT2D eigenvalue weighted by molar-refractivity contribution is 7.90. The van der Waals surface area contributed by atoms with E-state index in [1.54, 1.807) is 36.1 Å². The van der Waals surface area contributed by atoms with Crippen LogP contribution in [-0.2, 0) is 22.5 Å². The van der Waals surface area contributed by atoms with E-state index in [-0.39, 0.29) is 10.5 Å². The van der Waals surface area contributed by atoms with E-state index in [1.807, 2.05) is 6.92 Å². The molecule has 2 bridgehead atoms. The summed E-state index contributed by atoms with van der Waals surface area (Å²) in [5.41, 5.74) is -0.406. The summed E-state index contributed by atoms with van der Waals surface area (Å²) >= 11 is 0. The molecular weight excluding hydrogens is 482 g/mol. The number of sulfonamides is 1. The van der Waals surface area contributed by atoms with Crippen molar-refractivity contribution in [2.75, 3.05) is 18.1 Å². The maximum Gasteiger partial charge on any atom is 0.268 e. The van der Waals surface area contributed by atoms with Crippen molar-refractivity contribution >= 4 is 21.7 Å². The van der Waals surface area contributed by atoms with Gasteiger partial charge in [0.1, 0.15) is 10.7 Å². The Morgan fingerprint density at radius 1 is 1.17 bits per heavy atom. The molecule has 0 aromatic carbocycles. The van der Waals surface area contributed by atoms with Crippen molar-refractivity contribution in [2.24, 2.45) is 13.0 Å². The fourth-order valence-corrected chi connectivity index (χ4v) is 6.51. The number of aromatic nitrogens is 5. The number of pyridine rings is 1. The summed E-state index contributed by atoms with van der Waals surface area (Å²) in [6.45, 7) is 11.2. The SMILES string of the molecule is CC(C)COc1ccn(-c2ccc3c(n2)N2C[C@@](C)(CC2(C)C)c2nn(C)cc2S(=O)(=O)NC3=O)n1. The molecule has 3 aromatic heterocycles. The number of carbonyl (C=O) groups excluding carboxylic acids is 1. The van der Waals surface area contributed by atoms with E-state index in [0.717, 1.165) is 0 Å². The van der Waals surface area contributed by atoms with E-state index in [1.165, 1.54) is 10.9 Å². The van der Waals surface area contributed by atoms with Crippen molar-refractivity contribution in [1.29, 1.82) is 0 Å². The van der Waals surface area contributed by atoms with Gasteiger partial charge in [-0.2, -0.15) is 5.10 Å². The molecule has 0 aliphatic carbocycles. The zero-order valence-corrected chi connectivity index (χ0v) is 22.1. The first-order valence-corrected chi connectivity index (χ1v) is 13.4. The Balaban J connectivity index is 1.64. The number of hydrogen-bond acceptors (Lipinski definition) is 8. The highest BCUT2D eigenvalue weighted by atomic mass is 32.2. The molecule has 192 valence electrons. The van der Waals surface area contributed by atoms with Gasteiger partial charge in [0.15, 0.2) is 5.82 Å². The Kier molecular flexibility index (Phi) is 5.43. The number of amides is 1. The van der Waals surface area contributed by atoms with Gasteiger partial charge in [-0.1, -0.05) is 20.8 Å². The number of rotatable bonds is 4. The van der Waals surface area contributed by atoms with Crippen LogP contribution >= 0.6 is 0 Å². The van der Waals surface area contributed by atoms with Crippen LogP contribution < -0.4 is 14.4 Å². The van der Waals surface area contributed by atoms with Gasteiger partial charge in [-0.15, -0.1) is 5.10 Å². The van der Waals surface area contributed by atoms with Crippen LogP contribution in [-0.4, -0.2) is 57.6 Å². The molecule has 1 amide bonds. The van der Waals surface area contributed by atoms with Gasteiger partial charge >= 0.3 is 0 Å². The molecule has 0 spiro atoms. The van der Waals surface area contributed by atoms with Gasteiger partial charge < -0.3 is 9.64 Å². The van der Waals surface area contributed by atoms with Gasteiger partial charge in [0, 0.05) is 43.0 Å². The molecule has 11 nitrogen and oxygen atoms in total. The van der Waals surface area contributed by atoms with Crippen LogP contribution in [0.5, 0.6) is 5.88 Å². The minimum atomic E-state index is -4.15. The van der Waals surface area contributed by atoms with Gasteiger partial charge in [0.2, 0.25) is 5.88 Å². The first-order chi connectivity index (χ1) is 16.8. The van der Waals surface area contributed by atoms with Crippen molar-refractivity contribution in [3.05, 3.63) is 41.9 Å². The summed E-state index contributed by atoms with van der Waals surface area (Å²) in [6, 6.07) is 5.00. The molecule has 12 heteroatoms. The van der Waals surface area contributed by atoms with E-state index in [0.29, 0.717) is 48.7 Å². The van der Waals surface area contributed by atoms with Crippen molar-refractivity contribution in [2.45, 2.75) is 56.9 Å². The number of ether oxygens (including phenoxy) is 1. The van der Waals surface area contributed by atoms with Gasteiger partial charge in [0.25, 0.3) is 15.9 Å². The zero-order valence-electron chi connectivity index (χ0n) is 21.3. The lowest BCUT2D eigenvalue weighted by atomic mass is 9.81. The van der Waals surface area contributed by atoms with Crippen LogP contribution in [0.25, 0.3) is 5.82 Å². The fourth-order valence-electron chi connectivity index (χ4n) is 5.22. The molecule has 0 unspecified atom stereocenters. The molecule has 0 saturated carbocycles. The second-order valence-electron chi connectivity index (χ2n) is 10.9. The predicted molar refractivity (Wildman–Crippen MR) is 133 cm³/mol. The van der Waals surface area contributed by atoms with Gasteiger partial charge in [-0.05, 0) is 38.3 Å². The third-order valence-corrected chi connectivity index (χ3v) is 8.00. The fraction of sp³-hybridized carbons (Fsp3) is 0.500. The van der Waals surface area contributed by atoms with Crippen molar-refractivity contribution in [3.8, 4) is 11.7 Å². The number of anilines is 1. The summed E-state index contributed by atoms with van der Waals surface area (Å²) < 4.78 is 37.6. The van der Waals surface area contributed by atoms with E-state index in [4.69, 9.17) is 9.72 Å². The molecule has 5 rings (SSSR count). The first kappa shape index (κ1) is 24.3.